The molecule has 0 aromatic rings. The summed E-state index contributed by atoms with van der Waals surface area (Å²) >= 11 is 0. The maximum Gasteiger partial charge on any atom is 0.344 e. The van der Waals surface area contributed by atoms with Crippen LogP contribution in [0, 0.1) is 10.8 Å². The van der Waals surface area contributed by atoms with Gasteiger partial charge in [-0.15, -0.1) is 0 Å². The van der Waals surface area contributed by atoms with Crippen LogP contribution in [0.15, 0.2) is 0 Å². The third-order valence-corrected chi connectivity index (χ3v) is 12.5. The molecule has 3 heteroatoms. The van der Waals surface area contributed by atoms with Crippen LogP contribution in [0.3, 0.4) is 0 Å². The van der Waals surface area contributed by atoms with E-state index >= 15 is 0 Å². The van der Waals surface area contributed by atoms with Gasteiger partial charge in [0, 0.05) is 25.3 Å². The van der Waals surface area contributed by atoms with Crippen LogP contribution in [0.4, 0.5) is 0 Å². The van der Waals surface area contributed by atoms with Crippen LogP contribution >= 0.6 is 0 Å². The summed E-state index contributed by atoms with van der Waals surface area (Å²) in [6.07, 6.45) is 10.9. The Morgan fingerprint density at radius 3 is 1.24 bits per heavy atom. The van der Waals surface area contributed by atoms with Crippen molar-refractivity contribution in [3.63, 3.8) is 0 Å². The van der Waals surface area contributed by atoms with Crippen molar-refractivity contribution >= 4 is 8.56 Å². The zero-order valence-electron chi connectivity index (χ0n) is 15.1. The molecule has 0 bridgehead atoms. The zero-order valence-corrected chi connectivity index (χ0v) is 16.1. The molecule has 2 saturated carbocycles. The molecule has 2 aliphatic carbocycles. The Bertz CT molecular complexity index is 309. The molecule has 0 aromatic heterocycles. The summed E-state index contributed by atoms with van der Waals surface area (Å²) in [4.78, 5) is 0. The van der Waals surface area contributed by atoms with E-state index in [9.17, 15) is 0 Å². The number of rotatable bonds is 6. The average Bonchev–Trinajstić information content (AvgIpc) is 3.11. The van der Waals surface area contributed by atoms with Gasteiger partial charge in [0.05, 0.1) is 0 Å². The first kappa shape index (κ1) is 17.5. The minimum atomic E-state index is -2.22. The van der Waals surface area contributed by atoms with Crippen molar-refractivity contribution in [2.45, 2.75) is 90.1 Å². The molecule has 2 atom stereocenters. The van der Waals surface area contributed by atoms with Crippen molar-refractivity contribution < 1.29 is 8.85 Å². The highest BCUT2D eigenvalue weighted by Crippen LogP contribution is 2.59. The van der Waals surface area contributed by atoms with E-state index in [-0.39, 0.29) is 0 Å². The van der Waals surface area contributed by atoms with Gasteiger partial charge in [-0.2, -0.15) is 0 Å². The summed E-state index contributed by atoms with van der Waals surface area (Å²) in [6.45, 7) is 9.82. The second-order valence-corrected chi connectivity index (χ2v) is 12.3. The molecule has 0 N–H and O–H groups in total. The van der Waals surface area contributed by atoms with Crippen molar-refractivity contribution in [2.75, 3.05) is 14.2 Å². The van der Waals surface area contributed by atoms with E-state index in [0.29, 0.717) is 21.9 Å². The molecule has 0 amide bonds. The highest BCUT2D eigenvalue weighted by Gasteiger charge is 2.59. The van der Waals surface area contributed by atoms with Gasteiger partial charge in [0.2, 0.25) is 0 Å². The van der Waals surface area contributed by atoms with Crippen molar-refractivity contribution in [1.82, 2.24) is 0 Å². The largest absolute Gasteiger partial charge is 0.397 e. The van der Waals surface area contributed by atoms with Gasteiger partial charge in [0.1, 0.15) is 0 Å². The Balaban J connectivity index is 2.30. The fourth-order valence-corrected chi connectivity index (χ4v) is 10.2. The highest BCUT2D eigenvalue weighted by molar-refractivity contribution is 6.70. The number of hydrogen-bond acceptors (Lipinski definition) is 2. The monoisotopic (exact) mass is 312 g/mol. The van der Waals surface area contributed by atoms with Crippen LogP contribution in [-0.4, -0.2) is 22.8 Å². The topological polar surface area (TPSA) is 18.5 Å². The molecule has 0 aromatic carbocycles. The first-order valence-corrected chi connectivity index (χ1v) is 10.9. The van der Waals surface area contributed by atoms with Crippen LogP contribution < -0.4 is 0 Å². The molecule has 2 nitrogen and oxygen atoms in total. The van der Waals surface area contributed by atoms with Crippen LogP contribution in [0.25, 0.3) is 0 Å². The second-order valence-electron chi connectivity index (χ2n) is 8.30. The smallest absolute Gasteiger partial charge is 0.344 e. The normalized spacial score (nSPS) is 27.7. The lowest BCUT2D eigenvalue weighted by Gasteiger charge is -2.49. The molecule has 2 rings (SSSR count). The van der Waals surface area contributed by atoms with Crippen LogP contribution in [0.5, 0.6) is 0 Å². The molecular formula is C18H36O2Si. The molecule has 0 aliphatic heterocycles. The minimum Gasteiger partial charge on any atom is -0.397 e. The van der Waals surface area contributed by atoms with E-state index in [4.69, 9.17) is 8.85 Å². The Morgan fingerprint density at radius 1 is 0.714 bits per heavy atom. The fraction of sp³-hybridized carbons (Fsp3) is 1.00. The van der Waals surface area contributed by atoms with E-state index in [2.05, 4.69) is 27.7 Å². The predicted molar refractivity (Wildman–Crippen MR) is 91.8 cm³/mol. The first-order chi connectivity index (χ1) is 9.84. The van der Waals surface area contributed by atoms with Crippen LogP contribution in [-0.2, 0) is 8.85 Å². The molecule has 2 fully saturated rings. The molecule has 0 saturated heterocycles. The van der Waals surface area contributed by atoms with Crippen LogP contribution in [0.1, 0.15) is 79.1 Å². The molecule has 2 unspecified atom stereocenters. The van der Waals surface area contributed by atoms with Gasteiger partial charge in [-0.25, -0.2) is 0 Å². The molecule has 124 valence electrons. The molecular weight excluding hydrogens is 276 g/mol. The van der Waals surface area contributed by atoms with Gasteiger partial charge < -0.3 is 8.85 Å². The Hall–Kier alpha value is 0.137. The maximum absolute atomic E-state index is 6.28. The van der Waals surface area contributed by atoms with E-state index in [1.54, 1.807) is 0 Å². The van der Waals surface area contributed by atoms with Crippen molar-refractivity contribution in [2.24, 2.45) is 10.8 Å². The Labute approximate surface area is 133 Å². The fourth-order valence-electron chi connectivity index (χ4n) is 5.37. The summed E-state index contributed by atoms with van der Waals surface area (Å²) in [5, 5.41) is 0. The molecule has 21 heavy (non-hydrogen) atoms. The standard InChI is InChI=1S/C18H36O2Si/c1-15(17(3)11-7-8-12-17)21(19-5,20-6)16(2)18(4)13-9-10-14-18/h15-16H,7-14H2,1-6H3. The molecule has 2 aliphatic rings. The SMILES string of the molecule is CO[Si](OC)(C(C)C1(C)CCCC1)C(C)C1(C)CCCC1. The lowest BCUT2D eigenvalue weighted by atomic mass is 9.84. The van der Waals surface area contributed by atoms with E-state index in [1.807, 2.05) is 14.2 Å². The lowest BCUT2D eigenvalue weighted by Crippen LogP contribution is -2.55. The summed E-state index contributed by atoms with van der Waals surface area (Å²) in [5.74, 6) is 0. The van der Waals surface area contributed by atoms with Crippen LogP contribution in [0.2, 0.25) is 11.1 Å². The third kappa shape index (κ3) is 2.86. The van der Waals surface area contributed by atoms with E-state index in [0.717, 1.165) is 0 Å². The molecule has 0 spiro atoms. The summed E-state index contributed by atoms with van der Waals surface area (Å²) in [5.41, 5.74) is 1.97. The molecule has 0 radical (unpaired) electrons. The average molecular weight is 313 g/mol. The second kappa shape index (κ2) is 6.33. The van der Waals surface area contributed by atoms with Gasteiger partial charge in [-0.1, -0.05) is 53.4 Å². The van der Waals surface area contributed by atoms with E-state index in [1.165, 1.54) is 51.4 Å². The van der Waals surface area contributed by atoms with Gasteiger partial charge in [0.15, 0.2) is 0 Å². The summed E-state index contributed by atoms with van der Waals surface area (Å²) in [6, 6.07) is 0. The predicted octanol–water partition coefficient (Wildman–Crippen LogP) is 5.66. The Kier molecular flexibility index (Phi) is 5.27. The van der Waals surface area contributed by atoms with Crippen molar-refractivity contribution in [1.29, 1.82) is 0 Å². The third-order valence-electron chi connectivity index (χ3n) is 7.43. The summed E-state index contributed by atoms with van der Waals surface area (Å²) in [7, 11) is 1.61. The Morgan fingerprint density at radius 2 is 1.00 bits per heavy atom. The minimum absolute atomic E-state index is 0.418. The quantitative estimate of drug-likeness (QED) is 0.589. The van der Waals surface area contributed by atoms with Crippen molar-refractivity contribution in [3.8, 4) is 0 Å². The van der Waals surface area contributed by atoms with Gasteiger partial charge in [-0.05, 0) is 36.5 Å². The first-order valence-electron chi connectivity index (χ1n) is 8.95. The van der Waals surface area contributed by atoms with Crippen molar-refractivity contribution in [3.05, 3.63) is 0 Å². The summed E-state index contributed by atoms with van der Waals surface area (Å²) < 4.78 is 12.6. The van der Waals surface area contributed by atoms with E-state index < -0.39 is 8.56 Å². The number of hydrogen-bond donors (Lipinski definition) is 0. The lowest BCUT2D eigenvalue weighted by molar-refractivity contribution is 0.148. The highest BCUT2D eigenvalue weighted by atomic mass is 28.4. The van der Waals surface area contributed by atoms with Gasteiger partial charge >= 0.3 is 8.56 Å². The zero-order chi connectivity index (χ0) is 15.7. The maximum atomic E-state index is 6.28. The van der Waals surface area contributed by atoms with Gasteiger partial charge in [-0.3, -0.25) is 0 Å². The molecule has 0 heterocycles. The van der Waals surface area contributed by atoms with Gasteiger partial charge in [0.25, 0.3) is 0 Å².